The normalized spacial score (nSPS) is 24.1. The van der Waals surface area contributed by atoms with Crippen LogP contribution in [-0.2, 0) is 19.1 Å². The average molecular weight is 692 g/mol. The minimum Gasteiger partial charge on any atom is -0.444 e. The number of rotatable bonds is 9. The number of anilines is 1. The third-order valence-electron chi connectivity index (χ3n) is 8.15. The number of nitrogens with one attached hydrogen (secondary N) is 2. The van der Waals surface area contributed by atoms with Crippen molar-refractivity contribution in [2.45, 2.75) is 75.6 Å². The lowest BCUT2D eigenvalue weighted by Crippen LogP contribution is -2.53. The number of piperidine rings is 1. The minimum absolute atomic E-state index is 0.0838. The first-order valence-electron chi connectivity index (χ1n) is 15.2. The highest BCUT2D eigenvalue weighted by molar-refractivity contribution is 8.45. The van der Waals surface area contributed by atoms with Crippen molar-refractivity contribution < 1.29 is 43.3 Å². The van der Waals surface area contributed by atoms with Crippen molar-refractivity contribution >= 4 is 33.8 Å². The molecule has 0 aliphatic carbocycles. The van der Waals surface area contributed by atoms with Gasteiger partial charge in [-0.25, -0.2) is 4.79 Å². The van der Waals surface area contributed by atoms with Crippen molar-refractivity contribution in [2.24, 2.45) is 5.41 Å². The number of halogens is 5. The second kappa shape index (κ2) is 12.5. The number of hydrogen-bond acceptors (Lipinski definition) is 7. The van der Waals surface area contributed by atoms with E-state index in [0.717, 1.165) is 17.0 Å². The molecule has 16 heteroatoms. The number of benzene rings is 1. The number of pyridine rings is 1. The van der Waals surface area contributed by atoms with Gasteiger partial charge in [0.25, 0.3) is 0 Å². The first-order chi connectivity index (χ1) is 21.6. The molecular formula is C31H42F5N5O5S. The highest BCUT2D eigenvalue weighted by atomic mass is 32.5. The molecule has 262 valence electrons. The van der Waals surface area contributed by atoms with Crippen LogP contribution in [-0.4, -0.2) is 78.8 Å². The molecule has 10 nitrogen and oxygen atoms in total. The van der Waals surface area contributed by atoms with E-state index in [9.17, 15) is 33.8 Å². The van der Waals surface area contributed by atoms with Gasteiger partial charge in [-0.2, -0.15) is 0 Å². The zero-order valence-corrected chi connectivity index (χ0v) is 27.8. The molecule has 1 aromatic carbocycles. The molecule has 0 bridgehead atoms. The van der Waals surface area contributed by atoms with Crippen LogP contribution in [0.4, 0.5) is 29.9 Å². The van der Waals surface area contributed by atoms with Crippen molar-refractivity contribution in [3.63, 3.8) is 0 Å². The summed E-state index contributed by atoms with van der Waals surface area (Å²) in [5.41, 5.74) is -1.24. The fourth-order valence-corrected chi connectivity index (χ4v) is 6.45. The molecular weight excluding hydrogens is 649 g/mol. The Hall–Kier alpha value is -3.50. The Bertz CT molecular complexity index is 1460. The van der Waals surface area contributed by atoms with Gasteiger partial charge in [0.1, 0.15) is 16.5 Å². The zero-order valence-electron chi connectivity index (χ0n) is 27.0. The van der Waals surface area contributed by atoms with Crippen molar-refractivity contribution in [1.82, 2.24) is 20.5 Å². The van der Waals surface area contributed by atoms with E-state index in [-0.39, 0.29) is 49.0 Å². The first kappa shape index (κ1) is 36.3. The first-order valence-corrected chi connectivity index (χ1v) is 17.1. The van der Waals surface area contributed by atoms with Crippen LogP contribution < -0.4 is 15.5 Å². The maximum Gasteiger partial charge on any atom is 0.410 e. The molecule has 4 atom stereocenters. The predicted octanol–water partition coefficient (Wildman–Crippen LogP) is 6.34. The highest BCUT2D eigenvalue weighted by Gasteiger charge is 2.65. The van der Waals surface area contributed by atoms with E-state index < -0.39 is 56.1 Å². The van der Waals surface area contributed by atoms with Crippen LogP contribution in [0.5, 0.6) is 0 Å². The summed E-state index contributed by atoms with van der Waals surface area (Å²) in [4.78, 5) is 45.6. The third-order valence-corrected chi connectivity index (χ3v) is 9.31. The summed E-state index contributed by atoms with van der Waals surface area (Å²) < 4.78 is 78.8. The van der Waals surface area contributed by atoms with Gasteiger partial charge in [0, 0.05) is 62.3 Å². The summed E-state index contributed by atoms with van der Waals surface area (Å²) in [6, 6.07) is 2.67. The molecule has 47 heavy (non-hydrogen) atoms. The second-order valence-electron chi connectivity index (χ2n) is 13.4. The minimum atomic E-state index is -10.0. The van der Waals surface area contributed by atoms with Gasteiger partial charge in [0.05, 0.1) is 12.1 Å². The Kier molecular flexibility index (Phi) is 9.67. The van der Waals surface area contributed by atoms with Gasteiger partial charge in [-0.05, 0) is 70.4 Å². The van der Waals surface area contributed by atoms with E-state index >= 15 is 0 Å². The fraction of sp³-hybridized carbons (Fsp3) is 0.548. The second-order valence-corrected chi connectivity index (χ2v) is 15.9. The number of likely N-dealkylation sites (tertiary alicyclic amines) is 1. The number of nitrogens with zero attached hydrogens (tertiary/aromatic N) is 3. The van der Waals surface area contributed by atoms with Gasteiger partial charge in [-0.1, -0.05) is 32.4 Å². The fourth-order valence-electron chi connectivity index (χ4n) is 5.80. The molecule has 0 radical (unpaired) electrons. The number of carbonyl (C=O) groups is 3. The third kappa shape index (κ3) is 9.32. The number of amides is 3. The molecule has 2 N–H and O–H groups in total. The summed E-state index contributed by atoms with van der Waals surface area (Å²) in [5, 5.41) is 5.90. The van der Waals surface area contributed by atoms with E-state index in [1.54, 1.807) is 25.7 Å². The molecule has 2 saturated heterocycles. The molecule has 3 amide bonds. The molecule has 0 spiro atoms. The number of hydrogen-bond donors (Lipinski definition) is 2. The van der Waals surface area contributed by atoms with Crippen LogP contribution in [0.1, 0.15) is 58.6 Å². The summed E-state index contributed by atoms with van der Waals surface area (Å²) in [6.45, 7) is 8.34. The highest BCUT2D eigenvalue weighted by Crippen LogP contribution is 3.02. The van der Waals surface area contributed by atoms with Crippen molar-refractivity contribution in [3.05, 3.63) is 54.4 Å². The van der Waals surface area contributed by atoms with Crippen LogP contribution in [0.2, 0.25) is 0 Å². The number of carbonyl (C=O) groups excluding carboxylic acids is 3. The van der Waals surface area contributed by atoms with Gasteiger partial charge in [-0.3, -0.25) is 19.5 Å². The lowest BCUT2D eigenvalue weighted by atomic mass is 9.82. The smallest absolute Gasteiger partial charge is 0.410 e. The summed E-state index contributed by atoms with van der Waals surface area (Å²) >= 11 is 0. The monoisotopic (exact) mass is 691 g/mol. The molecule has 2 aromatic rings. The Balaban J connectivity index is 1.68. The topological polar surface area (TPSA) is 113 Å². The van der Waals surface area contributed by atoms with E-state index in [1.807, 2.05) is 6.92 Å². The lowest BCUT2D eigenvalue weighted by Gasteiger charge is -2.41. The molecule has 2 aliphatic rings. The summed E-state index contributed by atoms with van der Waals surface area (Å²) in [6.07, 6.45) is 3.49. The Morgan fingerprint density at radius 2 is 1.83 bits per heavy atom. The molecule has 2 fully saturated rings. The Morgan fingerprint density at radius 1 is 1.15 bits per heavy atom. The molecule has 2 unspecified atom stereocenters. The van der Waals surface area contributed by atoms with E-state index in [0.29, 0.717) is 25.9 Å². The van der Waals surface area contributed by atoms with Gasteiger partial charge in [-0.15, -0.1) is 0 Å². The largest absolute Gasteiger partial charge is 0.444 e. The maximum atomic E-state index is 14.1. The lowest BCUT2D eigenvalue weighted by molar-refractivity contribution is -0.127. The maximum absolute atomic E-state index is 14.1. The predicted molar refractivity (Wildman–Crippen MR) is 168 cm³/mol. The van der Waals surface area contributed by atoms with Crippen molar-refractivity contribution in [3.8, 4) is 0 Å². The SMILES string of the molecule is CO[C@H]1CN[C@@H](C(=O)N(c2ccc(S(F)(F)(F)(F)F)cc2)C(C(=O)NCC2(C)CCCN(C(=O)OC(C)(C)C)C2)c2cccnc2)C1. The standard InChI is InChI=1S/C31H42F5N5O5S/c1-30(2,3)46-29(44)40-15-7-13-31(4,20-40)19-39-27(42)26(21-8-6-14-37-17-21)41(28(43)25-16-23(45-5)18-38-25)22-9-11-24(12-10-22)47(32,33,34,35)36/h6,8-12,14,17,23,25-26,38H,7,13,15-16,18-20H2,1-5H3,(H,39,42)/t23-,25-,26?,31?/m1/s1. The number of aromatic nitrogens is 1. The summed E-state index contributed by atoms with van der Waals surface area (Å²) in [7, 11) is -8.55. The van der Waals surface area contributed by atoms with Gasteiger partial charge in [0.2, 0.25) is 11.8 Å². The van der Waals surface area contributed by atoms with Gasteiger partial charge in [0.15, 0.2) is 0 Å². The molecule has 0 saturated carbocycles. The van der Waals surface area contributed by atoms with E-state index in [4.69, 9.17) is 9.47 Å². The van der Waals surface area contributed by atoms with E-state index in [1.165, 1.54) is 31.6 Å². The average Bonchev–Trinajstić information content (AvgIpc) is 3.47. The Labute approximate surface area is 271 Å². The van der Waals surface area contributed by atoms with E-state index in [2.05, 4.69) is 15.6 Å². The van der Waals surface area contributed by atoms with Crippen LogP contribution in [0.15, 0.2) is 53.7 Å². The van der Waals surface area contributed by atoms with Gasteiger partial charge >= 0.3 is 16.3 Å². The summed E-state index contributed by atoms with van der Waals surface area (Å²) in [5.74, 6) is -1.35. The van der Waals surface area contributed by atoms with Crippen molar-refractivity contribution in [1.29, 1.82) is 0 Å². The Morgan fingerprint density at radius 3 is 2.38 bits per heavy atom. The van der Waals surface area contributed by atoms with Crippen molar-refractivity contribution in [2.75, 3.05) is 38.2 Å². The van der Waals surface area contributed by atoms with Crippen LogP contribution >= 0.6 is 10.2 Å². The van der Waals surface area contributed by atoms with Crippen LogP contribution in [0, 0.1) is 5.41 Å². The van der Waals surface area contributed by atoms with Gasteiger partial charge < -0.3 is 25.0 Å². The molecule has 1 aromatic heterocycles. The molecule has 4 rings (SSSR count). The zero-order chi connectivity index (χ0) is 34.9. The molecule has 2 aliphatic heterocycles. The molecule has 3 heterocycles. The van der Waals surface area contributed by atoms with Crippen LogP contribution in [0.3, 0.4) is 0 Å². The number of methoxy groups -OCH3 is 1. The van der Waals surface area contributed by atoms with Crippen LogP contribution in [0.25, 0.3) is 0 Å². The quantitative estimate of drug-likeness (QED) is 0.295. The number of ether oxygens (including phenoxy) is 2.